The van der Waals surface area contributed by atoms with E-state index in [9.17, 15) is 4.79 Å². The summed E-state index contributed by atoms with van der Waals surface area (Å²) in [6.45, 7) is 6.00. The van der Waals surface area contributed by atoms with E-state index in [0.29, 0.717) is 49.2 Å². The first-order valence-electron chi connectivity index (χ1n) is 7.91. The highest BCUT2D eigenvalue weighted by Gasteiger charge is 2.12. The number of methoxy groups -OCH3 is 1. The Labute approximate surface area is 141 Å². The van der Waals surface area contributed by atoms with Crippen LogP contribution < -0.4 is 14.8 Å². The summed E-state index contributed by atoms with van der Waals surface area (Å²) in [5.74, 6) is 1.41. The molecule has 0 atom stereocenters. The summed E-state index contributed by atoms with van der Waals surface area (Å²) in [7, 11) is 1.63. The van der Waals surface area contributed by atoms with Crippen LogP contribution in [0.5, 0.6) is 11.5 Å². The summed E-state index contributed by atoms with van der Waals surface area (Å²) in [6.07, 6.45) is 1.79. The van der Waals surface area contributed by atoms with Crippen LogP contribution in [0.1, 0.15) is 24.2 Å². The maximum Gasteiger partial charge on any atom is 0.257 e. The number of aromatic nitrogens is 2. The molecule has 2 aromatic rings. The van der Waals surface area contributed by atoms with Gasteiger partial charge in [0.2, 0.25) is 0 Å². The smallest absolute Gasteiger partial charge is 0.257 e. The van der Waals surface area contributed by atoms with E-state index in [2.05, 4.69) is 10.4 Å². The number of benzene rings is 1. The van der Waals surface area contributed by atoms with E-state index in [4.69, 9.17) is 14.2 Å². The zero-order valence-electron chi connectivity index (χ0n) is 14.2. The van der Waals surface area contributed by atoms with Gasteiger partial charge in [-0.3, -0.25) is 9.48 Å². The standard InChI is InChI=1S/C17H23N3O4/c1-4-23-14-7-6-13(12-15(14)24-5-2)17(21)18-16-8-9-20(19-16)10-11-22-3/h6-9,12H,4-5,10-11H2,1-3H3,(H,18,19,21). The predicted molar refractivity (Wildman–Crippen MR) is 90.8 cm³/mol. The Hall–Kier alpha value is -2.54. The van der Waals surface area contributed by atoms with Gasteiger partial charge in [-0.2, -0.15) is 5.10 Å². The van der Waals surface area contributed by atoms with Gasteiger partial charge in [-0.15, -0.1) is 0 Å². The molecule has 0 bridgehead atoms. The lowest BCUT2D eigenvalue weighted by atomic mass is 10.2. The lowest BCUT2D eigenvalue weighted by Gasteiger charge is -2.12. The van der Waals surface area contributed by atoms with Crippen molar-refractivity contribution < 1.29 is 19.0 Å². The average Bonchev–Trinajstić information content (AvgIpc) is 3.02. The van der Waals surface area contributed by atoms with E-state index in [0.717, 1.165) is 0 Å². The summed E-state index contributed by atoms with van der Waals surface area (Å²) < 4.78 is 17.7. The number of carbonyl (C=O) groups is 1. The second-order valence-corrected chi connectivity index (χ2v) is 4.94. The summed E-state index contributed by atoms with van der Waals surface area (Å²) in [4.78, 5) is 12.4. The predicted octanol–water partition coefficient (Wildman–Crippen LogP) is 2.58. The van der Waals surface area contributed by atoms with E-state index < -0.39 is 0 Å². The second-order valence-electron chi connectivity index (χ2n) is 4.94. The van der Waals surface area contributed by atoms with Crippen LogP contribution >= 0.6 is 0 Å². The van der Waals surface area contributed by atoms with E-state index in [1.54, 1.807) is 42.3 Å². The molecule has 0 saturated heterocycles. The van der Waals surface area contributed by atoms with Gasteiger partial charge in [0.05, 0.1) is 26.4 Å². The lowest BCUT2D eigenvalue weighted by Crippen LogP contribution is -2.13. The van der Waals surface area contributed by atoms with Gasteiger partial charge in [-0.05, 0) is 32.0 Å². The van der Waals surface area contributed by atoms with Gasteiger partial charge in [-0.25, -0.2) is 0 Å². The molecule has 1 N–H and O–H groups in total. The minimum absolute atomic E-state index is 0.254. The van der Waals surface area contributed by atoms with Gasteiger partial charge in [0, 0.05) is 24.9 Å². The van der Waals surface area contributed by atoms with E-state index in [1.807, 2.05) is 13.8 Å². The topological polar surface area (TPSA) is 74.6 Å². The van der Waals surface area contributed by atoms with Crippen LogP contribution in [0, 0.1) is 0 Å². The molecule has 1 aromatic carbocycles. The molecule has 7 nitrogen and oxygen atoms in total. The highest BCUT2D eigenvalue weighted by molar-refractivity contribution is 6.04. The molecule has 2 rings (SSSR count). The number of hydrogen-bond donors (Lipinski definition) is 1. The highest BCUT2D eigenvalue weighted by atomic mass is 16.5. The fourth-order valence-electron chi connectivity index (χ4n) is 2.12. The van der Waals surface area contributed by atoms with Crippen molar-refractivity contribution in [1.82, 2.24) is 9.78 Å². The third-order valence-corrected chi connectivity index (χ3v) is 3.21. The second kappa shape index (κ2) is 8.93. The van der Waals surface area contributed by atoms with Gasteiger partial charge in [0.15, 0.2) is 17.3 Å². The van der Waals surface area contributed by atoms with Crippen molar-refractivity contribution in [3.63, 3.8) is 0 Å². The fraction of sp³-hybridized carbons (Fsp3) is 0.412. The number of nitrogens with zero attached hydrogens (tertiary/aromatic N) is 2. The van der Waals surface area contributed by atoms with Gasteiger partial charge in [-0.1, -0.05) is 0 Å². The Kier molecular flexibility index (Phi) is 6.62. The molecule has 0 fully saturated rings. The molecule has 0 aliphatic carbocycles. The minimum Gasteiger partial charge on any atom is -0.490 e. The number of ether oxygens (including phenoxy) is 3. The first kappa shape index (κ1) is 17.8. The first-order valence-corrected chi connectivity index (χ1v) is 7.91. The molecule has 1 aromatic heterocycles. The molecule has 0 aliphatic rings. The van der Waals surface area contributed by atoms with Crippen molar-refractivity contribution in [2.45, 2.75) is 20.4 Å². The zero-order valence-corrected chi connectivity index (χ0v) is 14.2. The number of hydrogen-bond acceptors (Lipinski definition) is 5. The van der Waals surface area contributed by atoms with Gasteiger partial charge in [0.1, 0.15) is 0 Å². The molecule has 0 spiro atoms. The number of nitrogens with one attached hydrogen (secondary N) is 1. The molecule has 130 valence electrons. The van der Waals surface area contributed by atoms with Crippen molar-refractivity contribution in [3.8, 4) is 11.5 Å². The largest absolute Gasteiger partial charge is 0.490 e. The van der Waals surface area contributed by atoms with Crippen molar-refractivity contribution in [2.24, 2.45) is 0 Å². The molecule has 1 amide bonds. The third kappa shape index (κ3) is 4.73. The number of amides is 1. The molecule has 0 unspecified atom stereocenters. The molecule has 1 heterocycles. The first-order chi connectivity index (χ1) is 11.7. The maximum atomic E-state index is 12.4. The van der Waals surface area contributed by atoms with Crippen LogP contribution in [0.2, 0.25) is 0 Å². The SMILES string of the molecule is CCOc1ccc(C(=O)Nc2ccn(CCOC)n2)cc1OCC. The van der Waals surface area contributed by atoms with Crippen LogP contribution in [-0.2, 0) is 11.3 Å². The van der Waals surface area contributed by atoms with Gasteiger partial charge >= 0.3 is 0 Å². The monoisotopic (exact) mass is 333 g/mol. The normalized spacial score (nSPS) is 10.5. The summed E-state index contributed by atoms with van der Waals surface area (Å²) >= 11 is 0. The van der Waals surface area contributed by atoms with Gasteiger partial charge < -0.3 is 19.5 Å². The zero-order chi connectivity index (χ0) is 17.4. The molecular weight excluding hydrogens is 310 g/mol. The van der Waals surface area contributed by atoms with Crippen LogP contribution in [0.4, 0.5) is 5.82 Å². The van der Waals surface area contributed by atoms with Crippen LogP contribution in [0.3, 0.4) is 0 Å². The summed E-state index contributed by atoms with van der Waals surface area (Å²) in [5, 5.41) is 7.04. The molecule has 7 heteroatoms. The van der Waals surface area contributed by atoms with Crippen molar-refractivity contribution in [2.75, 3.05) is 32.2 Å². The Balaban J connectivity index is 2.08. The summed E-state index contributed by atoms with van der Waals surface area (Å²) in [6, 6.07) is 6.85. The number of rotatable bonds is 9. The van der Waals surface area contributed by atoms with E-state index >= 15 is 0 Å². The van der Waals surface area contributed by atoms with E-state index in [1.165, 1.54) is 0 Å². The number of anilines is 1. The van der Waals surface area contributed by atoms with Crippen molar-refractivity contribution in [1.29, 1.82) is 0 Å². The molecule has 24 heavy (non-hydrogen) atoms. The molecule has 0 radical (unpaired) electrons. The Morgan fingerprint density at radius 2 is 1.92 bits per heavy atom. The lowest BCUT2D eigenvalue weighted by molar-refractivity contribution is 0.102. The molecule has 0 aliphatic heterocycles. The van der Waals surface area contributed by atoms with Crippen molar-refractivity contribution >= 4 is 11.7 Å². The summed E-state index contributed by atoms with van der Waals surface area (Å²) in [5.41, 5.74) is 0.480. The van der Waals surface area contributed by atoms with Crippen molar-refractivity contribution in [3.05, 3.63) is 36.0 Å². The Morgan fingerprint density at radius 3 is 2.62 bits per heavy atom. The molecule has 0 saturated carbocycles. The van der Waals surface area contributed by atoms with Crippen LogP contribution in [0.25, 0.3) is 0 Å². The Bertz CT molecular complexity index is 670. The third-order valence-electron chi connectivity index (χ3n) is 3.21. The Morgan fingerprint density at radius 1 is 1.17 bits per heavy atom. The minimum atomic E-state index is -0.254. The molecular formula is C17H23N3O4. The maximum absolute atomic E-state index is 12.4. The fourth-order valence-corrected chi connectivity index (χ4v) is 2.12. The van der Waals surface area contributed by atoms with Crippen LogP contribution in [-0.4, -0.2) is 42.6 Å². The van der Waals surface area contributed by atoms with E-state index in [-0.39, 0.29) is 5.91 Å². The number of carbonyl (C=O) groups excluding carboxylic acids is 1. The van der Waals surface area contributed by atoms with Crippen LogP contribution in [0.15, 0.2) is 30.5 Å². The average molecular weight is 333 g/mol. The van der Waals surface area contributed by atoms with Gasteiger partial charge in [0.25, 0.3) is 5.91 Å². The quantitative estimate of drug-likeness (QED) is 0.763. The highest BCUT2D eigenvalue weighted by Crippen LogP contribution is 2.28.